The molecule has 0 bridgehead atoms. The number of nitrogens with two attached hydrogens (primary N) is 1. The summed E-state index contributed by atoms with van der Waals surface area (Å²) in [6.07, 6.45) is 8.20. The van der Waals surface area contributed by atoms with Crippen LogP contribution in [0, 0.1) is 11.8 Å². The van der Waals surface area contributed by atoms with Crippen molar-refractivity contribution in [2.45, 2.75) is 50.6 Å². The van der Waals surface area contributed by atoms with Crippen molar-refractivity contribution in [2.24, 2.45) is 17.6 Å². The van der Waals surface area contributed by atoms with Gasteiger partial charge in [-0.25, -0.2) is 0 Å². The Hall–Kier alpha value is -0.120. The van der Waals surface area contributed by atoms with Crippen LogP contribution in [-0.4, -0.2) is 43.3 Å². The van der Waals surface area contributed by atoms with Crippen LogP contribution in [0.25, 0.3) is 0 Å². The van der Waals surface area contributed by atoms with Gasteiger partial charge in [0, 0.05) is 31.8 Å². The molecule has 2 N–H and O–H groups in total. The molecule has 17 heavy (non-hydrogen) atoms. The molecule has 0 radical (unpaired) electrons. The lowest BCUT2D eigenvalue weighted by Crippen LogP contribution is -2.53. The average molecular weight is 238 g/mol. The molecule has 3 rings (SSSR count). The van der Waals surface area contributed by atoms with Crippen LogP contribution in [0.2, 0.25) is 0 Å². The van der Waals surface area contributed by atoms with Crippen LogP contribution in [0.4, 0.5) is 0 Å². The van der Waals surface area contributed by atoms with E-state index in [4.69, 9.17) is 10.5 Å². The highest BCUT2D eigenvalue weighted by molar-refractivity contribution is 4.91. The first kappa shape index (κ1) is 11.9. The number of hydrogen-bond acceptors (Lipinski definition) is 3. The third-order valence-electron chi connectivity index (χ3n) is 5.16. The van der Waals surface area contributed by atoms with Crippen molar-refractivity contribution in [1.82, 2.24) is 4.90 Å². The van der Waals surface area contributed by atoms with E-state index in [1.54, 1.807) is 0 Å². The first-order chi connectivity index (χ1) is 8.34. The Labute approximate surface area is 105 Å². The molecular weight excluding hydrogens is 212 g/mol. The van der Waals surface area contributed by atoms with Crippen LogP contribution >= 0.6 is 0 Å². The molecule has 2 aliphatic heterocycles. The highest BCUT2D eigenvalue weighted by atomic mass is 16.5. The third kappa shape index (κ3) is 2.51. The SMILES string of the molecule is NC1CN(C2CCCC2)CCC1C1CCOC1. The molecule has 2 saturated heterocycles. The fourth-order valence-corrected chi connectivity index (χ4v) is 4.10. The van der Waals surface area contributed by atoms with Crippen LogP contribution in [0.1, 0.15) is 38.5 Å². The Morgan fingerprint density at radius 2 is 1.88 bits per heavy atom. The van der Waals surface area contributed by atoms with Gasteiger partial charge in [-0.1, -0.05) is 12.8 Å². The maximum absolute atomic E-state index is 6.42. The van der Waals surface area contributed by atoms with Gasteiger partial charge in [0.25, 0.3) is 0 Å². The topological polar surface area (TPSA) is 38.5 Å². The summed E-state index contributed by atoms with van der Waals surface area (Å²) in [4.78, 5) is 2.67. The van der Waals surface area contributed by atoms with E-state index in [1.807, 2.05) is 0 Å². The van der Waals surface area contributed by atoms with Crippen molar-refractivity contribution < 1.29 is 4.74 Å². The zero-order valence-electron chi connectivity index (χ0n) is 10.8. The van der Waals surface area contributed by atoms with E-state index in [-0.39, 0.29) is 0 Å². The predicted molar refractivity (Wildman–Crippen MR) is 68.8 cm³/mol. The van der Waals surface area contributed by atoms with E-state index in [2.05, 4.69) is 4.90 Å². The molecule has 3 heteroatoms. The van der Waals surface area contributed by atoms with E-state index in [0.717, 1.165) is 37.6 Å². The summed E-state index contributed by atoms with van der Waals surface area (Å²) in [5.74, 6) is 1.46. The Kier molecular flexibility index (Phi) is 3.69. The Balaban J connectivity index is 1.55. The summed E-state index contributed by atoms with van der Waals surface area (Å²) in [6, 6.07) is 1.23. The van der Waals surface area contributed by atoms with Crippen molar-refractivity contribution in [3.05, 3.63) is 0 Å². The molecule has 3 nitrogen and oxygen atoms in total. The zero-order chi connectivity index (χ0) is 11.7. The molecule has 3 atom stereocenters. The summed E-state index contributed by atoms with van der Waals surface area (Å²) in [5, 5.41) is 0. The van der Waals surface area contributed by atoms with Gasteiger partial charge in [-0.05, 0) is 44.1 Å². The fraction of sp³-hybridized carbons (Fsp3) is 1.00. The Bertz CT molecular complexity index is 247. The molecule has 0 amide bonds. The molecule has 0 spiro atoms. The van der Waals surface area contributed by atoms with Crippen LogP contribution in [0.3, 0.4) is 0 Å². The minimum absolute atomic E-state index is 0.385. The van der Waals surface area contributed by atoms with E-state index >= 15 is 0 Å². The summed E-state index contributed by atoms with van der Waals surface area (Å²) in [6.45, 7) is 4.33. The fourth-order valence-electron chi connectivity index (χ4n) is 4.10. The summed E-state index contributed by atoms with van der Waals surface area (Å²) >= 11 is 0. The number of nitrogens with zero attached hydrogens (tertiary/aromatic N) is 1. The number of ether oxygens (including phenoxy) is 1. The van der Waals surface area contributed by atoms with Gasteiger partial charge in [0.05, 0.1) is 0 Å². The van der Waals surface area contributed by atoms with E-state index in [0.29, 0.717) is 6.04 Å². The van der Waals surface area contributed by atoms with Gasteiger partial charge in [0.1, 0.15) is 0 Å². The molecule has 0 aromatic carbocycles. The van der Waals surface area contributed by atoms with Gasteiger partial charge >= 0.3 is 0 Å². The standard InChI is InChI=1S/C14H26N2O/c15-14-9-16(12-3-1-2-4-12)7-5-13(14)11-6-8-17-10-11/h11-14H,1-10,15H2. The van der Waals surface area contributed by atoms with Gasteiger partial charge in [0.15, 0.2) is 0 Å². The first-order valence-corrected chi connectivity index (χ1v) is 7.42. The van der Waals surface area contributed by atoms with Crippen LogP contribution < -0.4 is 5.73 Å². The van der Waals surface area contributed by atoms with Gasteiger partial charge in [-0.2, -0.15) is 0 Å². The molecule has 1 aliphatic carbocycles. The van der Waals surface area contributed by atoms with Gasteiger partial charge in [-0.15, -0.1) is 0 Å². The summed E-state index contributed by atoms with van der Waals surface area (Å²) in [5.41, 5.74) is 6.42. The molecule has 0 aromatic heterocycles. The molecular formula is C14H26N2O. The highest BCUT2D eigenvalue weighted by Crippen LogP contribution is 2.33. The maximum Gasteiger partial charge on any atom is 0.0498 e. The predicted octanol–water partition coefficient (Wildman–Crippen LogP) is 1.61. The lowest BCUT2D eigenvalue weighted by atomic mass is 9.80. The lowest BCUT2D eigenvalue weighted by molar-refractivity contribution is 0.0822. The van der Waals surface area contributed by atoms with E-state index < -0.39 is 0 Å². The molecule has 98 valence electrons. The summed E-state index contributed by atoms with van der Waals surface area (Å²) < 4.78 is 5.52. The van der Waals surface area contributed by atoms with Crippen LogP contribution in [0.15, 0.2) is 0 Å². The average Bonchev–Trinajstić information content (AvgIpc) is 3.02. The van der Waals surface area contributed by atoms with E-state index in [1.165, 1.54) is 45.1 Å². The second kappa shape index (κ2) is 5.25. The minimum Gasteiger partial charge on any atom is -0.381 e. The monoisotopic (exact) mass is 238 g/mol. The maximum atomic E-state index is 6.42. The molecule has 0 aromatic rings. The Morgan fingerprint density at radius 1 is 1.06 bits per heavy atom. The number of likely N-dealkylation sites (tertiary alicyclic amines) is 1. The number of hydrogen-bond donors (Lipinski definition) is 1. The normalized spacial score (nSPS) is 41.1. The van der Waals surface area contributed by atoms with Crippen molar-refractivity contribution >= 4 is 0 Å². The third-order valence-corrected chi connectivity index (χ3v) is 5.16. The number of piperidine rings is 1. The smallest absolute Gasteiger partial charge is 0.0498 e. The second-order valence-electron chi connectivity index (χ2n) is 6.17. The molecule has 1 saturated carbocycles. The Morgan fingerprint density at radius 3 is 2.53 bits per heavy atom. The van der Waals surface area contributed by atoms with E-state index in [9.17, 15) is 0 Å². The first-order valence-electron chi connectivity index (χ1n) is 7.42. The van der Waals surface area contributed by atoms with Gasteiger partial charge in [-0.3, -0.25) is 4.90 Å². The summed E-state index contributed by atoms with van der Waals surface area (Å²) in [7, 11) is 0. The minimum atomic E-state index is 0.385. The second-order valence-corrected chi connectivity index (χ2v) is 6.17. The van der Waals surface area contributed by atoms with Crippen molar-refractivity contribution in [3.63, 3.8) is 0 Å². The molecule has 2 heterocycles. The van der Waals surface area contributed by atoms with Crippen LogP contribution in [0.5, 0.6) is 0 Å². The quantitative estimate of drug-likeness (QED) is 0.794. The molecule has 3 aliphatic rings. The largest absolute Gasteiger partial charge is 0.381 e. The van der Waals surface area contributed by atoms with Gasteiger partial charge in [0.2, 0.25) is 0 Å². The highest BCUT2D eigenvalue weighted by Gasteiger charge is 2.36. The number of rotatable bonds is 2. The van der Waals surface area contributed by atoms with Crippen molar-refractivity contribution in [1.29, 1.82) is 0 Å². The van der Waals surface area contributed by atoms with Gasteiger partial charge < -0.3 is 10.5 Å². The van der Waals surface area contributed by atoms with Crippen molar-refractivity contribution in [3.8, 4) is 0 Å². The zero-order valence-corrected chi connectivity index (χ0v) is 10.8. The molecule has 3 fully saturated rings. The molecule has 3 unspecified atom stereocenters. The van der Waals surface area contributed by atoms with Crippen molar-refractivity contribution in [2.75, 3.05) is 26.3 Å². The van der Waals surface area contributed by atoms with Crippen LogP contribution in [-0.2, 0) is 4.74 Å². The lowest BCUT2D eigenvalue weighted by Gasteiger charge is -2.41.